The molecule has 0 aromatic carbocycles. The largest absolute Gasteiger partial charge is 0.481 e. The van der Waals surface area contributed by atoms with Crippen molar-refractivity contribution in [2.45, 2.75) is 76.7 Å². The van der Waals surface area contributed by atoms with Gasteiger partial charge in [0.1, 0.15) is 0 Å². The van der Waals surface area contributed by atoms with Crippen LogP contribution in [0.25, 0.3) is 0 Å². The number of carbonyl (C=O) groups is 2. The Hall–Kier alpha value is -1.91. The van der Waals surface area contributed by atoms with E-state index in [1.807, 2.05) is 18.2 Å². The van der Waals surface area contributed by atoms with Gasteiger partial charge in [-0.1, -0.05) is 44.6 Å². The number of carboxylic acid groups (broad SMARTS) is 1. The van der Waals surface area contributed by atoms with Crippen LogP contribution in [0.4, 0.5) is 0 Å². The third-order valence-electron chi connectivity index (χ3n) is 6.21. The lowest BCUT2D eigenvalue weighted by Gasteiger charge is -2.30. The van der Waals surface area contributed by atoms with Crippen LogP contribution in [0.15, 0.2) is 24.4 Å². The van der Waals surface area contributed by atoms with Crippen LogP contribution < -0.4 is 5.32 Å². The van der Waals surface area contributed by atoms with Crippen molar-refractivity contribution in [3.05, 3.63) is 30.1 Å². The van der Waals surface area contributed by atoms with Crippen LogP contribution in [0.5, 0.6) is 0 Å². The Kier molecular flexibility index (Phi) is 6.28. The smallest absolute Gasteiger partial charge is 0.310 e. The van der Waals surface area contributed by atoms with Crippen molar-refractivity contribution >= 4 is 11.9 Å². The summed E-state index contributed by atoms with van der Waals surface area (Å²) in [7, 11) is 0. The minimum atomic E-state index is -0.898. The first-order valence-electron chi connectivity index (χ1n) is 10.0. The fourth-order valence-corrected chi connectivity index (χ4v) is 4.69. The number of rotatable bonds is 6. The monoisotopic (exact) mass is 358 g/mol. The average Bonchev–Trinajstić information content (AvgIpc) is 3.06. The van der Waals surface area contributed by atoms with Crippen molar-refractivity contribution in [1.82, 2.24) is 10.3 Å². The van der Waals surface area contributed by atoms with E-state index in [4.69, 9.17) is 0 Å². The normalized spacial score (nSPS) is 21.7. The molecule has 26 heavy (non-hydrogen) atoms. The molecule has 2 fully saturated rings. The lowest BCUT2D eigenvalue weighted by molar-refractivity contribution is -0.153. The van der Waals surface area contributed by atoms with Gasteiger partial charge < -0.3 is 10.4 Å². The lowest BCUT2D eigenvalue weighted by Crippen LogP contribution is -2.40. The van der Waals surface area contributed by atoms with E-state index >= 15 is 0 Å². The Morgan fingerprint density at radius 2 is 1.81 bits per heavy atom. The second kappa shape index (κ2) is 8.65. The summed E-state index contributed by atoms with van der Waals surface area (Å²) in [6.45, 7) is 0. The van der Waals surface area contributed by atoms with Gasteiger partial charge >= 0.3 is 5.97 Å². The third kappa shape index (κ3) is 4.43. The minimum Gasteiger partial charge on any atom is -0.481 e. The van der Waals surface area contributed by atoms with Crippen molar-refractivity contribution in [1.29, 1.82) is 0 Å². The van der Waals surface area contributed by atoms with E-state index in [2.05, 4.69) is 10.3 Å². The van der Waals surface area contributed by atoms with Crippen LogP contribution in [0, 0.1) is 11.3 Å². The second-order valence-corrected chi connectivity index (χ2v) is 8.02. The maximum atomic E-state index is 12.9. The zero-order valence-corrected chi connectivity index (χ0v) is 15.5. The SMILES string of the molecule is O=C(CC1(C(=O)O)CCCCCC1)N[C@H](c1ccccn1)C1CCCC1. The number of hydrogen-bond acceptors (Lipinski definition) is 3. The van der Waals surface area contributed by atoms with Crippen molar-refractivity contribution in [2.24, 2.45) is 11.3 Å². The Morgan fingerprint density at radius 3 is 2.38 bits per heavy atom. The highest BCUT2D eigenvalue weighted by molar-refractivity contribution is 5.85. The first-order chi connectivity index (χ1) is 12.6. The van der Waals surface area contributed by atoms with Crippen LogP contribution in [0.1, 0.15) is 82.4 Å². The maximum absolute atomic E-state index is 12.9. The number of nitrogens with zero attached hydrogens (tertiary/aromatic N) is 1. The number of aromatic nitrogens is 1. The maximum Gasteiger partial charge on any atom is 0.310 e. The molecule has 2 aliphatic carbocycles. The summed E-state index contributed by atoms with van der Waals surface area (Å²) in [6, 6.07) is 5.67. The van der Waals surface area contributed by atoms with Crippen molar-refractivity contribution in [2.75, 3.05) is 0 Å². The molecule has 1 amide bonds. The van der Waals surface area contributed by atoms with E-state index in [9.17, 15) is 14.7 Å². The van der Waals surface area contributed by atoms with Crippen LogP contribution in [-0.2, 0) is 9.59 Å². The zero-order chi connectivity index (χ0) is 18.4. The summed E-state index contributed by atoms with van der Waals surface area (Å²) in [4.78, 5) is 29.3. The number of amides is 1. The molecule has 1 heterocycles. The molecule has 5 nitrogen and oxygen atoms in total. The molecule has 0 radical (unpaired) electrons. The van der Waals surface area contributed by atoms with E-state index < -0.39 is 11.4 Å². The van der Waals surface area contributed by atoms with E-state index in [0.29, 0.717) is 18.8 Å². The fraction of sp³-hybridized carbons (Fsp3) is 0.667. The van der Waals surface area contributed by atoms with Gasteiger partial charge in [0.2, 0.25) is 5.91 Å². The zero-order valence-electron chi connectivity index (χ0n) is 15.5. The highest BCUT2D eigenvalue weighted by Gasteiger charge is 2.41. The first-order valence-corrected chi connectivity index (χ1v) is 10.0. The van der Waals surface area contributed by atoms with Gasteiger partial charge in [-0.3, -0.25) is 14.6 Å². The van der Waals surface area contributed by atoms with E-state index in [0.717, 1.165) is 44.2 Å². The summed E-state index contributed by atoms with van der Waals surface area (Å²) < 4.78 is 0. The first kappa shape index (κ1) is 18.9. The molecule has 1 aromatic rings. The molecule has 0 bridgehead atoms. The number of hydrogen-bond donors (Lipinski definition) is 2. The molecule has 3 rings (SSSR count). The van der Waals surface area contributed by atoms with Crippen molar-refractivity contribution < 1.29 is 14.7 Å². The van der Waals surface area contributed by atoms with Crippen LogP contribution in [0.3, 0.4) is 0 Å². The molecule has 0 saturated heterocycles. The molecule has 2 saturated carbocycles. The number of carboxylic acids is 1. The summed E-state index contributed by atoms with van der Waals surface area (Å²) in [5.74, 6) is -0.564. The van der Waals surface area contributed by atoms with Crippen LogP contribution >= 0.6 is 0 Å². The molecule has 0 aliphatic heterocycles. The summed E-state index contributed by atoms with van der Waals surface area (Å²) in [5.41, 5.74) is -0.0109. The average molecular weight is 358 g/mol. The number of carbonyl (C=O) groups excluding carboxylic acids is 1. The molecule has 142 valence electrons. The van der Waals surface area contributed by atoms with Gasteiger partial charge in [-0.25, -0.2) is 0 Å². The lowest BCUT2D eigenvalue weighted by atomic mass is 9.77. The molecule has 0 spiro atoms. The quantitative estimate of drug-likeness (QED) is 0.745. The van der Waals surface area contributed by atoms with E-state index in [-0.39, 0.29) is 18.4 Å². The molecule has 1 atom stereocenters. The Labute approximate surface area is 155 Å². The summed E-state index contributed by atoms with van der Waals surface area (Å²) in [5, 5.41) is 13.0. The van der Waals surface area contributed by atoms with Crippen LogP contribution in [0.2, 0.25) is 0 Å². The fourth-order valence-electron chi connectivity index (χ4n) is 4.69. The number of pyridine rings is 1. The topological polar surface area (TPSA) is 79.3 Å². The molecular formula is C21H30N2O3. The molecule has 2 N–H and O–H groups in total. The Morgan fingerprint density at radius 1 is 1.12 bits per heavy atom. The number of nitrogens with one attached hydrogen (secondary N) is 1. The molecule has 5 heteroatoms. The van der Waals surface area contributed by atoms with Gasteiger partial charge in [0.25, 0.3) is 0 Å². The van der Waals surface area contributed by atoms with Gasteiger partial charge in [-0.05, 0) is 43.7 Å². The van der Waals surface area contributed by atoms with E-state index in [1.54, 1.807) is 6.20 Å². The van der Waals surface area contributed by atoms with Gasteiger partial charge in [0, 0.05) is 12.6 Å². The summed E-state index contributed by atoms with van der Waals surface area (Å²) >= 11 is 0. The Balaban J connectivity index is 1.73. The highest BCUT2D eigenvalue weighted by Crippen LogP contribution is 2.40. The Bertz CT molecular complexity index is 603. The van der Waals surface area contributed by atoms with Gasteiger partial charge in [0.15, 0.2) is 0 Å². The molecule has 0 unspecified atom stereocenters. The molecule has 1 aromatic heterocycles. The van der Waals surface area contributed by atoms with Crippen molar-refractivity contribution in [3.63, 3.8) is 0 Å². The third-order valence-corrected chi connectivity index (χ3v) is 6.21. The standard InChI is InChI=1S/C21H30N2O3/c24-18(15-21(20(25)26)12-6-1-2-7-13-21)23-19(16-9-3-4-10-16)17-11-5-8-14-22-17/h5,8,11,14,16,19H,1-4,6-7,9-10,12-13,15H2,(H,23,24)(H,25,26)/t19-/m0/s1. The van der Waals surface area contributed by atoms with Gasteiger partial charge in [-0.15, -0.1) is 0 Å². The number of aliphatic carboxylic acids is 1. The molecular weight excluding hydrogens is 328 g/mol. The predicted molar refractivity (Wildman–Crippen MR) is 99.5 cm³/mol. The van der Waals surface area contributed by atoms with Crippen molar-refractivity contribution in [3.8, 4) is 0 Å². The highest BCUT2D eigenvalue weighted by atomic mass is 16.4. The van der Waals surface area contributed by atoms with E-state index in [1.165, 1.54) is 12.8 Å². The summed E-state index contributed by atoms with van der Waals surface area (Å²) in [6.07, 6.45) is 11.5. The van der Waals surface area contributed by atoms with Gasteiger partial charge in [-0.2, -0.15) is 0 Å². The minimum absolute atomic E-state index is 0.0817. The predicted octanol–water partition coefficient (Wildman–Crippen LogP) is 4.24. The molecule has 2 aliphatic rings. The second-order valence-electron chi connectivity index (χ2n) is 8.02. The van der Waals surface area contributed by atoms with Crippen LogP contribution in [-0.4, -0.2) is 22.0 Å². The van der Waals surface area contributed by atoms with Gasteiger partial charge in [0.05, 0.1) is 17.2 Å².